The summed E-state index contributed by atoms with van der Waals surface area (Å²) in [6.45, 7) is 1.80. The topological polar surface area (TPSA) is 74.8 Å². The Balaban J connectivity index is 2.16. The second-order valence-electron chi connectivity index (χ2n) is 4.69. The van der Waals surface area contributed by atoms with Crippen molar-refractivity contribution in [2.24, 2.45) is 5.92 Å². The van der Waals surface area contributed by atoms with E-state index in [-0.39, 0.29) is 11.7 Å². The maximum Gasteiger partial charge on any atom is 0.233 e. The third-order valence-corrected chi connectivity index (χ3v) is 4.80. The van der Waals surface area contributed by atoms with E-state index in [2.05, 4.69) is 14.9 Å². The average Bonchev–Trinajstić information content (AvgIpc) is 2.91. The Labute approximate surface area is 123 Å². The van der Waals surface area contributed by atoms with Gasteiger partial charge in [0.25, 0.3) is 0 Å². The zero-order valence-electron chi connectivity index (χ0n) is 11.0. The number of nitrogens with one attached hydrogen (secondary N) is 2. The van der Waals surface area contributed by atoms with Gasteiger partial charge in [0.1, 0.15) is 0 Å². The second kappa shape index (κ2) is 6.28. The van der Waals surface area contributed by atoms with E-state index < -0.39 is 10.0 Å². The second-order valence-corrected chi connectivity index (χ2v) is 6.77. The van der Waals surface area contributed by atoms with Gasteiger partial charge in [0.15, 0.2) is 0 Å². The molecule has 20 heavy (non-hydrogen) atoms. The Hall–Kier alpha value is -1.53. The van der Waals surface area contributed by atoms with Crippen LogP contribution in [-0.4, -0.2) is 30.2 Å². The summed E-state index contributed by atoms with van der Waals surface area (Å²) in [6.07, 6.45) is 1.65. The third kappa shape index (κ3) is 3.98. The molecule has 0 bridgehead atoms. The van der Waals surface area contributed by atoms with Crippen LogP contribution >= 0.6 is 11.6 Å². The first-order chi connectivity index (χ1) is 9.50. The zero-order chi connectivity index (χ0) is 14.6. The van der Waals surface area contributed by atoms with Crippen molar-refractivity contribution >= 4 is 27.3 Å². The number of hydrogen-bond donors (Lipinski definition) is 2. The number of benzene rings is 1. The fourth-order valence-corrected chi connectivity index (χ4v) is 3.48. The van der Waals surface area contributed by atoms with Gasteiger partial charge in [-0.3, -0.25) is 9.82 Å². The summed E-state index contributed by atoms with van der Waals surface area (Å²) >= 11 is 5.65. The number of sulfonamides is 1. The van der Waals surface area contributed by atoms with Gasteiger partial charge in [-0.05, 0) is 24.1 Å². The van der Waals surface area contributed by atoms with Crippen LogP contribution < -0.4 is 4.72 Å². The van der Waals surface area contributed by atoms with Crippen molar-refractivity contribution in [3.63, 3.8) is 0 Å². The highest BCUT2D eigenvalue weighted by atomic mass is 35.5. The highest BCUT2D eigenvalue weighted by Crippen LogP contribution is 2.21. The maximum absolute atomic E-state index is 12.0. The molecule has 0 fully saturated rings. The number of aromatic nitrogens is 2. The number of hydrogen-bond acceptors (Lipinski definition) is 3. The number of alkyl halides is 1. The molecule has 2 aromatic rings. The molecule has 7 heteroatoms. The lowest BCUT2D eigenvalue weighted by atomic mass is 10.1. The van der Waals surface area contributed by atoms with Crippen LogP contribution in [0.25, 0.3) is 11.3 Å². The van der Waals surface area contributed by atoms with Crippen LogP contribution in [0.1, 0.15) is 6.92 Å². The summed E-state index contributed by atoms with van der Waals surface area (Å²) in [7, 11) is -3.39. The minimum atomic E-state index is -3.39. The summed E-state index contributed by atoms with van der Waals surface area (Å²) < 4.78 is 26.5. The van der Waals surface area contributed by atoms with Crippen LogP contribution in [0.3, 0.4) is 0 Å². The van der Waals surface area contributed by atoms with E-state index in [1.165, 1.54) is 0 Å². The Morgan fingerprint density at radius 2 is 2.20 bits per heavy atom. The van der Waals surface area contributed by atoms with Crippen molar-refractivity contribution in [3.8, 4) is 11.3 Å². The van der Waals surface area contributed by atoms with Crippen LogP contribution in [0.5, 0.6) is 0 Å². The lowest BCUT2D eigenvalue weighted by Gasteiger charge is -2.11. The highest BCUT2D eigenvalue weighted by molar-refractivity contribution is 7.92. The number of halogens is 1. The quantitative estimate of drug-likeness (QED) is 0.805. The van der Waals surface area contributed by atoms with Crippen molar-refractivity contribution in [2.45, 2.75) is 6.92 Å². The van der Waals surface area contributed by atoms with Crippen LogP contribution in [0, 0.1) is 5.92 Å². The number of H-pyrrole nitrogens is 1. The molecule has 0 aliphatic heterocycles. The molecule has 2 rings (SSSR count). The molecule has 1 atom stereocenters. The van der Waals surface area contributed by atoms with Crippen LogP contribution in [0.15, 0.2) is 36.5 Å². The number of aromatic amines is 1. The SMILES string of the molecule is CC(CCl)CS(=O)(=O)Nc1cccc(-c2ccn[nH]2)c1. The summed E-state index contributed by atoms with van der Waals surface area (Å²) in [5, 5.41) is 6.72. The summed E-state index contributed by atoms with van der Waals surface area (Å²) in [5.74, 6) is 0.227. The normalized spacial score (nSPS) is 13.1. The van der Waals surface area contributed by atoms with Gasteiger partial charge >= 0.3 is 0 Å². The molecule has 1 unspecified atom stereocenters. The Morgan fingerprint density at radius 3 is 2.85 bits per heavy atom. The van der Waals surface area contributed by atoms with Gasteiger partial charge in [0.2, 0.25) is 10.0 Å². The lowest BCUT2D eigenvalue weighted by molar-refractivity contribution is 0.588. The van der Waals surface area contributed by atoms with Crippen molar-refractivity contribution in [1.29, 1.82) is 0 Å². The first-order valence-electron chi connectivity index (χ1n) is 6.16. The van der Waals surface area contributed by atoms with E-state index in [4.69, 9.17) is 11.6 Å². The predicted molar refractivity (Wildman–Crippen MR) is 81.3 cm³/mol. The van der Waals surface area contributed by atoms with Gasteiger partial charge in [-0.25, -0.2) is 8.42 Å². The molecule has 0 saturated heterocycles. The molecule has 1 heterocycles. The van der Waals surface area contributed by atoms with Crippen molar-refractivity contribution in [3.05, 3.63) is 36.5 Å². The van der Waals surface area contributed by atoms with Crippen molar-refractivity contribution in [1.82, 2.24) is 10.2 Å². The molecular formula is C13H16ClN3O2S. The predicted octanol–water partition coefficient (Wildman–Crippen LogP) is 2.69. The summed E-state index contributed by atoms with van der Waals surface area (Å²) in [4.78, 5) is 0. The molecule has 2 N–H and O–H groups in total. The Kier molecular flexibility index (Phi) is 4.67. The van der Waals surface area contributed by atoms with Crippen molar-refractivity contribution < 1.29 is 8.42 Å². The highest BCUT2D eigenvalue weighted by Gasteiger charge is 2.15. The molecule has 5 nitrogen and oxygen atoms in total. The molecule has 108 valence electrons. The van der Waals surface area contributed by atoms with E-state index in [9.17, 15) is 8.42 Å². The first-order valence-corrected chi connectivity index (χ1v) is 8.35. The minimum Gasteiger partial charge on any atom is -0.284 e. The third-order valence-electron chi connectivity index (χ3n) is 2.72. The smallest absolute Gasteiger partial charge is 0.233 e. The number of anilines is 1. The fourth-order valence-electron chi connectivity index (χ4n) is 1.81. The van der Waals surface area contributed by atoms with Crippen LogP contribution in [0.4, 0.5) is 5.69 Å². The average molecular weight is 314 g/mol. The van der Waals surface area contributed by atoms with Crippen molar-refractivity contribution in [2.75, 3.05) is 16.4 Å². The van der Waals surface area contributed by atoms with E-state index in [1.807, 2.05) is 12.1 Å². The molecule has 0 saturated carbocycles. The molecule has 0 radical (unpaired) electrons. The van der Waals surface area contributed by atoms with Gasteiger partial charge in [-0.15, -0.1) is 11.6 Å². The van der Waals surface area contributed by atoms with E-state index in [0.29, 0.717) is 11.6 Å². The lowest BCUT2D eigenvalue weighted by Crippen LogP contribution is -2.22. The molecule has 1 aromatic heterocycles. The standard InChI is InChI=1S/C13H16ClN3O2S/c1-10(8-14)9-20(18,19)17-12-4-2-3-11(7-12)13-5-6-15-16-13/h2-7,10,17H,8-9H2,1H3,(H,15,16). The zero-order valence-corrected chi connectivity index (χ0v) is 12.6. The first kappa shape index (κ1) is 14.9. The van der Waals surface area contributed by atoms with E-state index in [0.717, 1.165) is 11.3 Å². The molecule has 0 amide bonds. The van der Waals surface area contributed by atoms with Gasteiger partial charge < -0.3 is 0 Å². The van der Waals surface area contributed by atoms with Gasteiger partial charge in [0, 0.05) is 23.3 Å². The monoisotopic (exact) mass is 313 g/mol. The minimum absolute atomic E-state index is 0.00475. The molecule has 0 spiro atoms. The molecule has 0 aliphatic carbocycles. The van der Waals surface area contributed by atoms with Gasteiger partial charge in [-0.1, -0.05) is 19.1 Å². The van der Waals surface area contributed by atoms with Gasteiger partial charge in [0.05, 0.1) is 11.4 Å². The van der Waals surface area contributed by atoms with E-state index >= 15 is 0 Å². The Bertz CT molecular complexity index is 656. The number of nitrogens with zero attached hydrogens (tertiary/aromatic N) is 1. The largest absolute Gasteiger partial charge is 0.284 e. The fraction of sp³-hybridized carbons (Fsp3) is 0.308. The Morgan fingerprint density at radius 1 is 1.40 bits per heavy atom. The maximum atomic E-state index is 12.0. The molecule has 0 aliphatic rings. The molecular weight excluding hydrogens is 298 g/mol. The number of rotatable bonds is 6. The molecule has 1 aromatic carbocycles. The summed E-state index contributed by atoms with van der Waals surface area (Å²) in [6, 6.07) is 8.97. The van der Waals surface area contributed by atoms with Crippen LogP contribution in [-0.2, 0) is 10.0 Å². The summed E-state index contributed by atoms with van der Waals surface area (Å²) in [5.41, 5.74) is 2.23. The van der Waals surface area contributed by atoms with E-state index in [1.54, 1.807) is 31.3 Å². The van der Waals surface area contributed by atoms with Crippen LogP contribution in [0.2, 0.25) is 0 Å². The van der Waals surface area contributed by atoms with Gasteiger partial charge in [-0.2, -0.15) is 5.10 Å².